The average Bonchev–Trinajstić information content (AvgIpc) is 3.24. The summed E-state index contributed by atoms with van der Waals surface area (Å²) in [5, 5.41) is 11.9. The maximum Gasteiger partial charge on any atom is 0.194 e. The molecule has 1 saturated heterocycles. The van der Waals surface area contributed by atoms with E-state index in [0.717, 1.165) is 36.6 Å². The van der Waals surface area contributed by atoms with Crippen molar-refractivity contribution < 1.29 is 0 Å². The first-order valence-electron chi connectivity index (χ1n) is 8.04. The molecule has 2 heterocycles. The fourth-order valence-electron chi connectivity index (χ4n) is 2.60. The molecule has 1 N–H and O–H groups in total. The predicted octanol–water partition coefficient (Wildman–Crippen LogP) is 1.46. The highest BCUT2D eigenvalue weighted by molar-refractivity contribution is 5.80. The minimum Gasteiger partial charge on any atom is -0.353 e. The number of hydrogen-bond donors (Lipinski definition) is 1. The van der Waals surface area contributed by atoms with Crippen LogP contribution in [0.5, 0.6) is 0 Å². The van der Waals surface area contributed by atoms with Crippen LogP contribution in [0.4, 0.5) is 0 Å². The zero-order valence-corrected chi connectivity index (χ0v) is 13.3. The summed E-state index contributed by atoms with van der Waals surface area (Å²) in [5.41, 5.74) is 0. The molecule has 2 fully saturated rings. The van der Waals surface area contributed by atoms with Crippen LogP contribution >= 0.6 is 0 Å². The third kappa shape index (κ3) is 3.54. The lowest BCUT2D eigenvalue weighted by atomic mass is 10.00. The number of nitrogens with zero attached hydrogens (tertiary/aromatic N) is 5. The number of nitrogens with one attached hydrogen (secondary N) is 1. The lowest BCUT2D eigenvalue weighted by Gasteiger charge is -2.33. The molecular weight excluding hydrogens is 264 g/mol. The van der Waals surface area contributed by atoms with Gasteiger partial charge in [0.2, 0.25) is 0 Å². The van der Waals surface area contributed by atoms with Crippen LogP contribution in [-0.2, 0) is 13.6 Å². The van der Waals surface area contributed by atoms with Crippen molar-refractivity contribution in [1.29, 1.82) is 0 Å². The Morgan fingerprint density at radius 2 is 1.95 bits per heavy atom. The van der Waals surface area contributed by atoms with Gasteiger partial charge in [-0.1, -0.05) is 6.92 Å². The molecule has 21 heavy (non-hydrogen) atoms. The predicted molar refractivity (Wildman–Crippen MR) is 83.0 cm³/mol. The second kappa shape index (κ2) is 6.03. The van der Waals surface area contributed by atoms with Crippen LogP contribution in [-0.4, -0.2) is 44.8 Å². The van der Waals surface area contributed by atoms with E-state index in [4.69, 9.17) is 4.99 Å². The Kier molecular flexibility index (Phi) is 4.12. The highest BCUT2D eigenvalue weighted by atomic mass is 15.3. The van der Waals surface area contributed by atoms with Crippen LogP contribution in [0, 0.1) is 12.8 Å². The standard InChI is InChI=1S/C15H26N6/c1-11-6-8-21(9-7-11)15(17-13-4-5-13)16-10-14-19-18-12(2)20(14)3/h11,13H,4-10H2,1-3H3,(H,16,17). The molecule has 0 amide bonds. The largest absolute Gasteiger partial charge is 0.353 e. The summed E-state index contributed by atoms with van der Waals surface area (Å²) in [7, 11) is 2.00. The normalized spacial score (nSPS) is 20.9. The number of likely N-dealkylation sites (tertiary alicyclic amines) is 1. The van der Waals surface area contributed by atoms with Gasteiger partial charge in [-0.3, -0.25) is 0 Å². The van der Waals surface area contributed by atoms with Crippen molar-refractivity contribution in [3.8, 4) is 0 Å². The van der Waals surface area contributed by atoms with Gasteiger partial charge in [-0.05, 0) is 38.5 Å². The lowest BCUT2D eigenvalue weighted by molar-refractivity contribution is 0.272. The molecule has 0 spiro atoms. The van der Waals surface area contributed by atoms with Gasteiger partial charge in [-0.15, -0.1) is 10.2 Å². The third-order valence-corrected chi connectivity index (χ3v) is 4.55. The van der Waals surface area contributed by atoms with Crippen LogP contribution in [0.1, 0.15) is 44.3 Å². The molecule has 6 heteroatoms. The Morgan fingerprint density at radius 3 is 2.52 bits per heavy atom. The summed E-state index contributed by atoms with van der Waals surface area (Å²) in [4.78, 5) is 7.21. The fraction of sp³-hybridized carbons (Fsp3) is 0.800. The molecule has 1 saturated carbocycles. The number of guanidine groups is 1. The van der Waals surface area contributed by atoms with Crippen molar-refractivity contribution in [3.05, 3.63) is 11.6 Å². The van der Waals surface area contributed by atoms with Gasteiger partial charge in [0.1, 0.15) is 12.4 Å². The van der Waals surface area contributed by atoms with Crippen molar-refractivity contribution in [2.75, 3.05) is 13.1 Å². The van der Waals surface area contributed by atoms with E-state index < -0.39 is 0 Å². The molecule has 116 valence electrons. The number of hydrogen-bond acceptors (Lipinski definition) is 3. The number of aliphatic imine (C=N–C) groups is 1. The Morgan fingerprint density at radius 1 is 1.24 bits per heavy atom. The molecule has 0 bridgehead atoms. The van der Waals surface area contributed by atoms with Crippen LogP contribution in [0.2, 0.25) is 0 Å². The van der Waals surface area contributed by atoms with E-state index in [1.165, 1.54) is 25.7 Å². The molecule has 0 unspecified atom stereocenters. The maximum atomic E-state index is 4.81. The van der Waals surface area contributed by atoms with Gasteiger partial charge in [0.05, 0.1) is 0 Å². The highest BCUT2D eigenvalue weighted by Gasteiger charge is 2.26. The van der Waals surface area contributed by atoms with Gasteiger partial charge in [0, 0.05) is 26.2 Å². The van der Waals surface area contributed by atoms with Crippen molar-refractivity contribution in [2.24, 2.45) is 18.0 Å². The van der Waals surface area contributed by atoms with E-state index >= 15 is 0 Å². The van der Waals surface area contributed by atoms with E-state index in [2.05, 4.69) is 27.3 Å². The molecule has 1 aromatic rings. The molecular formula is C15H26N6. The minimum atomic E-state index is 0.596. The molecule has 2 aliphatic rings. The summed E-state index contributed by atoms with van der Waals surface area (Å²) in [6.45, 7) is 7.12. The smallest absolute Gasteiger partial charge is 0.194 e. The van der Waals surface area contributed by atoms with Crippen molar-refractivity contribution in [3.63, 3.8) is 0 Å². The van der Waals surface area contributed by atoms with E-state index in [9.17, 15) is 0 Å². The van der Waals surface area contributed by atoms with Gasteiger partial charge in [-0.2, -0.15) is 0 Å². The van der Waals surface area contributed by atoms with Gasteiger partial charge in [0.15, 0.2) is 11.8 Å². The quantitative estimate of drug-likeness (QED) is 0.676. The van der Waals surface area contributed by atoms with Crippen LogP contribution < -0.4 is 5.32 Å². The van der Waals surface area contributed by atoms with Gasteiger partial charge < -0.3 is 14.8 Å². The first kappa shape index (κ1) is 14.4. The fourth-order valence-corrected chi connectivity index (χ4v) is 2.60. The highest BCUT2D eigenvalue weighted by Crippen LogP contribution is 2.21. The zero-order valence-electron chi connectivity index (χ0n) is 13.3. The Bertz CT molecular complexity index is 508. The summed E-state index contributed by atoms with van der Waals surface area (Å²) in [5.74, 6) is 3.76. The summed E-state index contributed by atoms with van der Waals surface area (Å²) in [6.07, 6.45) is 5.06. The van der Waals surface area contributed by atoms with E-state index in [0.29, 0.717) is 12.6 Å². The van der Waals surface area contributed by atoms with Crippen LogP contribution in [0.25, 0.3) is 0 Å². The molecule has 3 rings (SSSR count). The SMILES string of the molecule is Cc1nnc(CN=C(NC2CC2)N2CCC(C)CC2)n1C. The number of rotatable bonds is 3. The van der Waals surface area contributed by atoms with E-state index in [1.54, 1.807) is 0 Å². The first-order valence-corrected chi connectivity index (χ1v) is 8.04. The Labute approximate surface area is 126 Å². The Balaban J connectivity index is 1.68. The Hall–Kier alpha value is -1.59. The lowest BCUT2D eigenvalue weighted by Crippen LogP contribution is -2.46. The molecule has 1 aliphatic carbocycles. The first-order chi connectivity index (χ1) is 10.1. The second-order valence-electron chi connectivity index (χ2n) is 6.45. The summed E-state index contributed by atoms with van der Waals surface area (Å²) >= 11 is 0. The monoisotopic (exact) mass is 290 g/mol. The molecule has 0 aromatic carbocycles. The molecule has 0 radical (unpaired) electrons. The topological polar surface area (TPSA) is 58.3 Å². The molecule has 0 atom stereocenters. The average molecular weight is 290 g/mol. The number of aryl methyl sites for hydroxylation is 1. The third-order valence-electron chi connectivity index (χ3n) is 4.55. The van der Waals surface area contributed by atoms with E-state index in [-0.39, 0.29) is 0 Å². The molecule has 1 aliphatic heterocycles. The molecule has 1 aromatic heterocycles. The van der Waals surface area contributed by atoms with Gasteiger partial charge >= 0.3 is 0 Å². The number of piperidine rings is 1. The molecule has 6 nitrogen and oxygen atoms in total. The van der Waals surface area contributed by atoms with Crippen molar-refractivity contribution >= 4 is 5.96 Å². The van der Waals surface area contributed by atoms with Crippen LogP contribution in [0.3, 0.4) is 0 Å². The van der Waals surface area contributed by atoms with E-state index in [1.807, 2.05) is 18.5 Å². The van der Waals surface area contributed by atoms with Crippen molar-refractivity contribution in [2.45, 2.75) is 52.1 Å². The summed E-state index contributed by atoms with van der Waals surface area (Å²) < 4.78 is 2.01. The summed E-state index contributed by atoms with van der Waals surface area (Å²) in [6, 6.07) is 0.629. The van der Waals surface area contributed by atoms with Crippen molar-refractivity contribution in [1.82, 2.24) is 25.0 Å². The zero-order chi connectivity index (χ0) is 14.8. The second-order valence-corrected chi connectivity index (χ2v) is 6.45. The maximum absolute atomic E-state index is 4.81. The van der Waals surface area contributed by atoms with Gasteiger partial charge in [0.25, 0.3) is 0 Å². The number of aromatic nitrogens is 3. The van der Waals surface area contributed by atoms with Gasteiger partial charge in [-0.25, -0.2) is 4.99 Å². The van der Waals surface area contributed by atoms with Crippen LogP contribution in [0.15, 0.2) is 4.99 Å². The minimum absolute atomic E-state index is 0.596.